The Morgan fingerprint density at radius 2 is 1.90 bits per heavy atom. The summed E-state index contributed by atoms with van der Waals surface area (Å²) in [5.74, 6) is -0.574. The summed E-state index contributed by atoms with van der Waals surface area (Å²) in [7, 11) is 0. The van der Waals surface area contributed by atoms with Crippen LogP contribution in [0.1, 0.15) is 42.6 Å². The van der Waals surface area contributed by atoms with Crippen molar-refractivity contribution in [3.8, 4) is 0 Å². The van der Waals surface area contributed by atoms with Crippen LogP contribution in [0.3, 0.4) is 0 Å². The number of aromatic nitrogens is 2. The third kappa shape index (κ3) is 4.35. The summed E-state index contributed by atoms with van der Waals surface area (Å²) in [5.41, 5.74) is 1.46. The summed E-state index contributed by atoms with van der Waals surface area (Å²) in [6, 6.07) is 9.37. The molecule has 0 spiro atoms. The summed E-state index contributed by atoms with van der Waals surface area (Å²) in [6.07, 6.45) is 5.07. The van der Waals surface area contributed by atoms with Gasteiger partial charge in [0.25, 0.3) is 0 Å². The number of Topliss-reactive ketones (excluding diaryl/α,β-unsaturated/α-hetero) is 1. The predicted octanol–water partition coefficient (Wildman–Crippen LogP) is 5.80. The minimum atomic E-state index is -0.450. The third-order valence-electron chi connectivity index (χ3n) is 5.63. The second-order valence-electron chi connectivity index (χ2n) is 7.64. The fourth-order valence-electron chi connectivity index (χ4n) is 4.03. The molecule has 8 heteroatoms. The number of nitrogens with zero attached hydrogens (tertiary/aromatic N) is 2. The summed E-state index contributed by atoms with van der Waals surface area (Å²) in [4.78, 5) is 29.6. The van der Waals surface area contributed by atoms with E-state index in [-0.39, 0.29) is 33.7 Å². The Hall–Kier alpha value is -2.44. The number of imidazole rings is 1. The van der Waals surface area contributed by atoms with Crippen molar-refractivity contribution in [2.45, 2.75) is 32.1 Å². The van der Waals surface area contributed by atoms with Crippen molar-refractivity contribution in [3.05, 3.63) is 64.3 Å². The normalized spacial score (nSPS) is 19.0. The number of halogens is 3. The Labute approximate surface area is 183 Å². The van der Waals surface area contributed by atoms with E-state index in [1.165, 1.54) is 18.2 Å². The number of anilines is 1. The Bertz CT molecular complexity index is 1110. The molecule has 5 nitrogen and oxygen atoms in total. The zero-order valence-corrected chi connectivity index (χ0v) is 17.6. The number of hydrogen-bond donors (Lipinski definition) is 1. The summed E-state index contributed by atoms with van der Waals surface area (Å²) < 4.78 is 14.9. The van der Waals surface area contributed by atoms with Crippen LogP contribution >= 0.6 is 23.2 Å². The van der Waals surface area contributed by atoms with Gasteiger partial charge < -0.3 is 5.32 Å². The molecule has 0 saturated heterocycles. The number of carbonyl (C=O) groups excluding carboxylic acids is 2. The van der Waals surface area contributed by atoms with E-state index >= 15 is 0 Å². The van der Waals surface area contributed by atoms with Crippen molar-refractivity contribution in [2.75, 3.05) is 5.32 Å². The molecule has 0 bridgehead atoms. The first-order valence-electron chi connectivity index (χ1n) is 9.84. The maximum atomic E-state index is 13.2. The smallest absolute Gasteiger partial charge is 0.227 e. The Morgan fingerprint density at radius 1 is 1.13 bits per heavy atom. The third-order valence-corrected chi connectivity index (χ3v) is 6.21. The van der Waals surface area contributed by atoms with E-state index in [0.29, 0.717) is 36.3 Å². The molecular weight excluding hydrogens is 428 g/mol. The number of pyridine rings is 1. The molecule has 0 atom stereocenters. The van der Waals surface area contributed by atoms with Gasteiger partial charge in [0.1, 0.15) is 17.2 Å². The van der Waals surface area contributed by atoms with Crippen LogP contribution in [-0.2, 0) is 4.79 Å². The quantitative estimate of drug-likeness (QED) is 0.502. The Balaban J connectivity index is 1.34. The van der Waals surface area contributed by atoms with Gasteiger partial charge in [-0.15, -0.1) is 0 Å². The van der Waals surface area contributed by atoms with Gasteiger partial charge in [0.15, 0.2) is 10.9 Å². The number of nitrogens with one attached hydrogen (secondary N) is 1. The maximum absolute atomic E-state index is 13.2. The molecule has 30 heavy (non-hydrogen) atoms. The molecule has 4 rings (SSSR count). The molecule has 2 heterocycles. The van der Waals surface area contributed by atoms with E-state index in [2.05, 4.69) is 10.3 Å². The molecule has 156 valence electrons. The van der Waals surface area contributed by atoms with Crippen molar-refractivity contribution in [1.82, 2.24) is 9.38 Å². The lowest BCUT2D eigenvalue weighted by Gasteiger charge is -2.27. The fraction of sp³-hybridized carbons (Fsp3) is 0.318. The van der Waals surface area contributed by atoms with Gasteiger partial charge in [-0.3, -0.25) is 14.0 Å². The van der Waals surface area contributed by atoms with E-state index in [4.69, 9.17) is 23.2 Å². The predicted molar refractivity (Wildman–Crippen MR) is 115 cm³/mol. The zero-order valence-electron chi connectivity index (χ0n) is 16.1. The average molecular weight is 448 g/mol. The molecule has 0 radical (unpaired) electrons. The molecule has 0 aliphatic heterocycles. The van der Waals surface area contributed by atoms with Gasteiger partial charge in [-0.05, 0) is 61.9 Å². The van der Waals surface area contributed by atoms with Gasteiger partial charge in [0.2, 0.25) is 5.91 Å². The van der Waals surface area contributed by atoms with Crippen molar-refractivity contribution in [2.24, 2.45) is 11.8 Å². The van der Waals surface area contributed by atoms with Crippen molar-refractivity contribution < 1.29 is 14.0 Å². The largest absolute Gasteiger partial charge is 0.325 e. The highest BCUT2D eigenvalue weighted by Crippen LogP contribution is 2.34. The molecule has 1 amide bonds. The number of carbonyl (C=O) groups is 2. The number of fused-ring (bicyclic) bond motifs is 1. The molecule has 0 unspecified atom stereocenters. The monoisotopic (exact) mass is 447 g/mol. The highest BCUT2D eigenvalue weighted by atomic mass is 35.5. The molecule has 2 aromatic heterocycles. The highest BCUT2D eigenvalue weighted by molar-refractivity contribution is 6.33. The maximum Gasteiger partial charge on any atom is 0.227 e. The van der Waals surface area contributed by atoms with Crippen molar-refractivity contribution in [3.63, 3.8) is 0 Å². The second-order valence-corrected chi connectivity index (χ2v) is 8.40. The van der Waals surface area contributed by atoms with Crippen LogP contribution in [0.5, 0.6) is 0 Å². The van der Waals surface area contributed by atoms with Crippen LogP contribution in [0, 0.1) is 17.7 Å². The van der Waals surface area contributed by atoms with Gasteiger partial charge in [-0.25, -0.2) is 9.37 Å². The minimum Gasteiger partial charge on any atom is -0.325 e. The van der Waals surface area contributed by atoms with Crippen LogP contribution in [-0.4, -0.2) is 21.1 Å². The molecule has 1 aliphatic carbocycles. The molecule has 1 aliphatic rings. The average Bonchev–Trinajstić information content (AvgIpc) is 3.06. The van der Waals surface area contributed by atoms with Crippen LogP contribution in [0.4, 0.5) is 10.1 Å². The van der Waals surface area contributed by atoms with E-state index in [1.54, 1.807) is 16.7 Å². The molecular formula is C22H20Cl2FN3O2. The van der Waals surface area contributed by atoms with E-state index in [9.17, 15) is 14.0 Å². The highest BCUT2D eigenvalue weighted by Gasteiger charge is 2.29. The molecule has 1 aromatic carbocycles. The van der Waals surface area contributed by atoms with Crippen LogP contribution < -0.4 is 5.32 Å². The van der Waals surface area contributed by atoms with Gasteiger partial charge in [-0.1, -0.05) is 29.3 Å². The van der Waals surface area contributed by atoms with Crippen molar-refractivity contribution in [1.29, 1.82) is 0 Å². The van der Waals surface area contributed by atoms with Gasteiger partial charge >= 0.3 is 0 Å². The van der Waals surface area contributed by atoms with E-state index < -0.39 is 5.82 Å². The summed E-state index contributed by atoms with van der Waals surface area (Å²) in [6.45, 7) is 0. The zero-order chi connectivity index (χ0) is 21.3. The molecule has 1 fully saturated rings. The standard InChI is InChI=1S/C22H20Cl2FN3O2/c23-16-12-15(25)8-9-17(16)26-22(30)14-6-4-13(5-7-14)11-18(29)20-21(24)27-19-3-1-2-10-28(19)20/h1-3,8-10,12-14H,4-7,11H2,(H,26,30). The SMILES string of the molecule is O=C(CC1CCC(C(=O)Nc2ccc(F)cc2Cl)CC1)c1c(Cl)nc2ccccn12. The Morgan fingerprint density at radius 3 is 2.63 bits per heavy atom. The second kappa shape index (κ2) is 8.74. The number of ketones is 1. The first-order chi connectivity index (χ1) is 14.4. The lowest BCUT2D eigenvalue weighted by atomic mass is 9.79. The summed E-state index contributed by atoms with van der Waals surface area (Å²) >= 11 is 12.2. The molecule has 3 aromatic rings. The van der Waals surface area contributed by atoms with Gasteiger partial charge in [0.05, 0.1) is 10.7 Å². The van der Waals surface area contributed by atoms with E-state index in [0.717, 1.165) is 12.8 Å². The molecule has 1 saturated carbocycles. The first kappa shape index (κ1) is 20.8. The number of rotatable bonds is 5. The lowest BCUT2D eigenvalue weighted by Crippen LogP contribution is -2.28. The number of hydrogen-bond acceptors (Lipinski definition) is 3. The Kier molecular flexibility index (Phi) is 6.06. The first-order valence-corrected chi connectivity index (χ1v) is 10.6. The fourth-order valence-corrected chi connectivity index (χ4v) is 4.53. The van der Waals surface area contributed by atoms with Crippen LogP contribution in [0.15, 0.2) is 42.6 Å². The summed E-state index contributed by atoms with van der Waals surface area (Å²) in [5, 5.41) is 3.17. The van der Waals surface area contributed by atoms with Crippen LogP contribution in [0.25, 0.3) is 5.65 Å². The number of benzene rings is 1. The lowest BCUT2D eigenvalue weighted by molar-refractivity contribution is -0.121. The number of amides is 1. The van der Waals surface area contributed by atoms with E-state index in [1.807, 2.05) is 12.1 Å². The topological polar surface area (TPSA) is 63.5 Å². The minimum absolute atomic E-state index is 0.0373. The van der Waals surface area contributed by atoms with Gasteiger partial charge in [-0.2, -0.15) is 0 Å². The van der Waals surface area contributed by atoms with Crippen LogP contribution in [0.2, 0.25) is 10.2 Å². The van der Waals surface area contributed by atoms with Gasteiger partial charge in [0, 0.05) is 18.5 Å². The molecule has 1 N–H and O–H groups in total. The van der Waals surface area contributed by atoms with Crippen molar-refractivity contribution >= 4 is 46.2 Å².